The number of thiophene rings is 1. The molecule has 4 atom stereocenters. The maximum atomic E-state index is 12.5. The number of hydrogen-bond donors (Lipinski definition) is 1. The Kier molecular flexibility index (Phi) is 5.46. The molecule has 2 aromatic rings. The molecule has 10 heteroatoms. The molecule has 3 aliphatic rings. The molecule has 29 heavy (non-hydrogen) atoms. The maximum Gasteiger partial charge on any atom is 0.250 e. The zero-order chi connectivity index (χ0) is 19.8. The van der Waals surface area contributed by atoms with Gasteiger partial charge in [0.1, 0.15) is 22.5 Å². The van der Waals surface area contributed by atoms with Gasteiger partial charge in [-0.2, -0.15) is 0 Å². The number of nitrogens with one attached hydrogen (secondary N) is 1. The Labute approximate surface area is 174 Å². The number of sulfonamides is 1. The lowest BCUT2D eigenvalue weighted by molar-refractivity contribution is 0.0624. The van der Waals surface area contributed by atoms with Crippen molar-refractivity contribution >= 4 is 21.4 Å². The second kappa shape index (κ2) is 8.07. The number of hydrogen-bond acceptors (Lipinski definition) is 7. The van der Waals surface area contributed by atoms with Crippen LogP contribution in [0.2, 0.25) is 0 Å². The minimum atomic E-state index is -3.56. The SMILES string of the molecule is O=S(=O)(NC1COC2C1OCC2n1cc(CC2CCCCC2)nn1)c1cccs1. The van der Waals surface area contributed by atoms with Crippen LogP contribution in [0.25, 0.3) is 0 Å². The van der Waals surface area contributed by atoms with Crippen molar-refractivity contribution in [2.45, 2.75) is 67.0 Å². The average molecular weight is 439 g/mol. The van der Waals surface area contributed by atoms with Crippen molar-refractivity contribution in [1.29, 1.82) is 0 Å². The van der Waals surface area contributed by atoms with Gasteiger partial charge in [0.25, 0.3) is 0 Å². The molecule has 158 valence electrons. The predicted molar refractivity (Wildman–Crippen MR) is 107 cm³/mol. The van der Waals surface area contributed by atoms with Crippen LogP contribution in [-0.2, 0) is 25.9 Å². The first kappa shape index (κ1) is 19.6. The van der Waals surface area contributed by atoms with Gasteiger partial charge in [0.05, 0.1) is 24.9 Å². The first-order valence-corrected chi connectivity index (χ1v) is 12.7. The zero-order valence-electron chi connectivity index (χ0n) is 16.1. The topological polar surface area (TPSA) is 95.3 Å². The summed E-state index contributed by atoms with van der Waals surface area (Å²) in [6.07, 6.45) is 8.98. The summed E-state index contributed by atoms with van der Waals surface area (Å²) in [6, 6.07) is 2.85. The second-order valence-electron chi connectivity index (χ2n) is 8.22. The minimum Gasteiger partial charge on any atom is -0.371 e. The van der Waals surface area contributed by atoms with Crippen molar-refractivity contribution in [2.75, 3.05) is 13.2 Å². The van der Waals surface area contributed by atoms with E-state index in [-0.39, 0.29) is 18.2 Å². The number of ether oxygens (including phenoxy) is 2. The van der Waals surface area contributed by atoms with E-state index in [1.54, 1.807) is 17.5 Å². The molecule has 8 nitrogen and oxygen atoms in total. The third kappa shape index (κ3) is 4.00. The summed E-state index contributed by atoms with van der Waals surface area (Å²) in [5.74, 6) is 0.709. The van der Waals surface area contributed by atoms with Crippen molar-refractivity contribution in [3.8, 4) is 0 Å². The first-order chi connectivity index (χ1) is 14.1. The van der Waals surface area contributed by atoms with Crippen molar-refractivity contribution in [1.82, 2.24) is 19.7 Å². The van der Waals surface area contributed by atoms with Crippen LogP contribution >= 0.6 is 11.3 Å². The summed E-state index contributed by atoms with van der Waals surface area (Å²) in [5, 5.41) is 10.5. The lowest BCUT2D eigenvalue weighted by atomic mass is 9.86. The summed E-state index contributed by atoms with van der Waals surface area (Å²) in [4.78, 5) is 0. The number of aromatic nitrogens is 3. The van der Waals surface area contributed by atoms with E-state index in [9.17, 15) is 8.42 Å². The Balaban J connectivity index is 1.23. The van der Waals surface area contributed by atoms with Gasteiger partial charge in [-0.05, 0) is 23.8 Å². The molecule has 2 aromatic heterocycles. The van der Waals surface area contributed by atoms with Crippen LogP contribution < -0.4 is 4.72 Å². The molecule has 2 aliphatic heterocycles. The van der Waals surface area contributed by atoms with Crippen LogP contribution in [0.15, 0.2) is 27.9 Å². The number of fused-ring (bicyclic) bond motifs is 1. The van der Waals surface area contributed by atoms with Gasteiger partial charge < -0.3 is 9.47 Å². The average Bonchev–Trinajstić information content (AvgIpc) is 3.49. The fraction of sp³-hybridized carbons (Fsp3) is 0.684. The molecule has 0 bridgehead atoms. The highest BCUT2D eigenvalue weighted by molar-refractivity contribution is 7.91. The molecule has 0 radical (unpaired) electrons. The Hall–Kier alpha value is -1.33. The highest BCUT2D eigenvalue weighted by atomic mass is 32.2. The smallest absolute Gasteiger partial charge is 0.250 e. The quantitative estimate of drug-likeness (QED) is 0.743. The highest BCUT2D eigenvalue weighted by Gasteiger charge is 2.50. The molecule has 0 spiro atoms. The van der Waals surface area contributed by atoms with Crippen LogP contribution in [0, 0.1) is 5.92 Å². The largest absolute Gasteiger partial charge is 0.371 e. The molecular formula is C19H26N4O4S2. The van der Waals surface area contributed by atoms with Crippen molar-refractivity contribution in [3.05, 3.63) is 29.4 Å². The monoisotopic (exact) mass is 438 g/mol. The summed E-state index contributed by atoms with van der Waals surface area (Å²) in [7, 11) is -3.56. The Morgan fingerprint density at radius 3 is 2.79 bits per heavy atom. The molecule has 0 amide bonds. The molecule has 1 saturated carbocycles. The predicted octanol–water partition coefficient (Wildman–Crippen LogP) is 2.15. The van der Waals surface area contributed by atoms with Crippen LogP contribution in [0.4, 0.5) is 0 Å². The molecule has 4 heterocycles. The maximum absolute atomic E-state index is 12.5. The van der Waals surface area contributed by atoms with Gasteiger partial charge in [0.2, 0.25) is 10.0 Å². The lowest BCUT2D eigenvalue weighted by Gasteiger charge is -2.20. The zero-order valence-corrected chi connectivity index (χ0v) is 17.8. The second-order valence-corrected chi connectivity index (χ2v) is 11.1. The van der Waals surface area contributed by atoms with Crippen molar-refractivity contribution < 1.29 is 17.9 Å². The normalized spacial score (nSPS) is 30.6. The molecule has 5 rings (SSSR count). The Morgan fingerprint density at radius 2 is 2.00 bits per heavy atom. The summed E-state index contributed by atoms with van der Waals surface area (Å²) < 4.78 is 41.9. The fourth-order valence-corrected chi connectivity index (χ4v) is 6.98. The van der Waals surface area contributed by atoms with E-state index in [1.165, 1.54) is 43.4 Å². The standard InChI is InChI=1S/C19H26N4O4S2/c24-29(25,17-7-4-8-28-17)21-15-11-26-19-16(12-27-18(15)19)23-10-14(20-22-23)9-13-5-2-1-3-6-13/h4,7-8,10,13,15-16,18-19,21H,1-3,5-6,9,11-12H2. The van der Waals surface area contributed by atoms with E-state index >= 15 is 0 Å². The van der Waals surface area contributed by atoms with E-state index < -0.39 is 16.1 Å². The van der Waals surface area contributed by atoms with Gasteiger partial charge in [-0.3, -0.25) is 0 Å². The van der Waals surface area contributed by atoms with Crippen LogP contribution in [0.3, 0.4) is 0 Å². The molecule has 0 aromatic carbocycles. The van der Waals surface area contributed by atoms with E-state index in [0.717, 1.165) is 12.1 Å². The highest BCUT2D eigenvalue weighted by Crippen LogP contribution is 2.35. The molecule has 3 fully saturated rings. The summed E-state index contributed by atoms with van der Waals surface area (Å²) in [6.45, 7) is 0.735. The Bertz CT molecular complexity index is 924. The molecular weight excluding hydrogens is 412 g/mol. The van der Waals surface area contributed by atoms with Gasteiger partial charge in [-0.25, -0.2) is 17.8 Å². The summed E-state index contributed by atoms with van der Waals surface area (Å²) in [5.41, 5.74) is 1.02. The van der Waals surface area contributed by atoms with Crippen molar-refractivity contribution in [2.24, 2.45) is 5.92 Å². The van der Waals surface area contributed by atoms with E-state index in [2.05, 4.69) is 15.0 Å². The van der Waals surface area contributed by atoms with Crippen LogP contribution in [0.1, 0.15) is 43.8 Å². The van der Waals surface area contributed by atoms with Crippen molar-refractivity contribution in [3.63, 3.8) is 0 Å². The molecule has 1 aliphatic carbocycles. The fourth-order valence-electron chi connectivity index (χ4n) is 4.74. The molecule has 4 unspecified atom stereocenters. The summed E-state index contributed by atoms with van der Waals surface area (Å²) >= 11 is 1.20. The number of rotatable bonds is 6. The van der Waals surface area contributed by atoms with Crippen LogP contribution in [0.5, 0.6) is 0 Å². The van der Waals surface area contributed by atoms with Crippen LogP contribution in [-0.4, -0.2) is 54.9 Å². The van der Waals surface area contributed by atoms with E-state index in [1.807, 2.05) is 10.9 Å². The minimum absolute atomic E-state index is 0.0798. The van der Waals surface area contributed by atoms with E-state index in [0.29, 0.717) is 23.3 Å². The third-order valence-electron chi connectivity index (χ3n) is 6.21. The van der Waals surface area contributed by atoms with Gasteiger partial charge in [0.15, 0.2) is 0 Å². The van der Waals surface area contributed by atoms with E-state index in [4.69, 9.17) is 9.47 Å². The van der Waals surface area contributed by atoms with Gasteiger partial charge >= 0.3 is 0 Å². The van der Waals surface area contributed by atoms with Gasteiger partial charge in [-0.15, -0.1) is 16.4 Å². The molecule has 2 saturated heterocycles. The van der Waals surface area contributed by atoms with Gasteiger partial charge in [0, 0.05) is 6.20 Å². The third-order valence-corrected chi connectivity index (χ3v) is 9.10. The van der Waals surface area contributed by atoms with Gasteiger partial charge in [-0.1, -0.05) is 43.4 Å². The molecule has 1 N–H and O–H groups in total. The first-order valence-electron chi connectivity index (χ1n) is 10.3. The Morgan fingerprint density at radius 1 is 1.17 bits per heavy atom. The number of nitrogens with zero attached hydrogens (tertiary/aromatic N) is 3. The lowest BCUT2D eigenvalue weighted by Crippen LogP contribution is -2.43.